The summed E-state index contributed by atoms with van der Waals surface area (Å²) < 4.78 is 0. The standard InChI is InChI=1S/C14H23N3O2/c1-5-7-15-12(10(2)3)9-13-14(17(18)19)11(4)6-8-16-13/h6,8,10,12,15H,5,7,9H2,1-4H3. The molecule has 5 nitrogen and oxygen atoms in total. The number of rotatable bonds is 7. The van der Waals surface area contributed by atoms with E-state index in [1.165, 1.54) is 0 Å². The molecule has 0 saturated carbocycles. The van der Waals surface area contributed by atoms with Crippen LogP contribution in [0.5, 0.6) is 0 Å². The second-order valence-corrected chi connectivity index (χ2v) is 5.19. The van der Waals surface area contributed by atoms with Gasteiger partial charge in [0.2, 0.25) is 0 Å². The monoisotopic (exact) mass is 265 g/mol. The quantitative estimate of drug-likeness (QED) is 0.608. The lowest BCUT2D eigenvalue weighted by atomic mass is 9.97. The maximum atomic E-state index is 11.2. The smallest absolute Gasteiger partial charge is 0.293 e. The van der Waals surface area contributed by atoms with E-state index in [0.29, 0.717) is 23.6 Å². The summed E-state index contributed by atoms with van der Waals surface area (Å²) in [5.41, 5.74) is 1.41. The molecule has 106 valence electrons. The number of hydrogen-bond acceptors (Lipinski definition) is 4. The summed E-state index contributed by atoms with van der Waals surface area (Å²) in [5.74, 6) is 0.411. The van der Waals surface area contributed by atoms with Crippen molar-refractivity contribution >= 4 is 5.69 Å². The summed E-state index contributed by atoms with van der Waals surface area (Å²) in [6.45, 7) is 9.03. The highest BCUT2D eigenvalue weighted by atomic mass is 16.6. The third kappa shape index (κ3) is 4.28. The zero-order valence-corrected chi connectivity index (χ0v) is 12.1. The molecule has 0 bridgehead atoms. The molecule has 1 atom stereocenters. The lowest BCUT2D eigenvalue weighted by molar-refractivity contribution is -0.386. The Bertz CT molecular complexity index is 433. The fourth-order valence-corrected chi connectivity index (χ4v) is 2.09. The lowest BCUT2D eigenvalue weighted by Gasteiger charge is -2.22. The molecule has 0 aliphatic carbocycles. The summed E-state index contributed by atoms with van der Waals surface area (Å²) >= 11 is 0. The van der Waals surface area contributed by atoms with Gasteiger partial charge >= 0.3 is 0 Å². The number of nitrogens with zero attached hydrogens (tertiary/aromatic N) is 2. The van der Waals surface area contributed by atoms with Crippen LogP contribution in [0.25, 0.3) is 0 Å². The Morgan fingerprint density at radius 2 is 2.16 bits per heavy atom. The number of pyridine rings is 1. The molecule has 19 heavy (non-hydrogen) atoms. The van der Waals surface area contributed by atoms with Crippen LogP contribution >= 0.6 is 0 Å². The average molecular weight is 265 g/mol. The van der Waals surface area contributed by atoms with Crippen LogP contribution in [-0.2, 0) is 6.42 Å². The topological polar surface area (TPSA) is 68.1 Å². The molecule has 0 aliphatic heterocycles. The number of aryl methyl sites for hydroxylation is 1. The minimum atomic E-state index is -0.325. The van der Waals surface area contributed by atoms with Crippen LogP contribution in [0, 0.1) is 23.0 Å². The number of nitrogens with one attached hydrogen (secondary N) is 1. The first kappa shape index (κ1) is 15.6. The van der Waals surface area contributed by atoms with E-state index in [1.807, 2.05) is 0 Å². The minimum Gasteiger partial charge on any atom is -0.313 e. The highest BCUT2D eigenvalue weighted by molar-refractivity contribution is 5.43. The molecular weight excluding hydrogens is 242 g/mol. The Balaban J connectivity index is 2.96. The van der Waals surface area contributed by atoms with Crippen LogP contribution in [0.1, 0.15) is 38.4 Å². The predicted molar refractivity (Wildman–Crippen MR) is 76.3 cm³/mol. The lowest BCUT2D eigenvalue weighted by Crippen LogP contribution is -2.36. The summed E-state index contributed by atoms with van der Waals surface area (Å²) in [5, 5.41) is 14.6. The molecular formula is C14H23N3O2. The van der Waals surface area contributed by atoms with Crippen molar-refractivity contribution in [1.82, 2.24) is 10.3 Å². The van der Waals surface area contributed by atoms with E-state index in [4.69, 9.17) is 0 Å². The summed E-state index contributed by atoms with van der Waals surface area (Å²) in [6.07, 6.45) is 3.29. The Labute approximate surface area is 114 Å². The van der Waals surface area contributed by atoms with E-state index in [-0.39, 0.29) is 16.7 Å². The van der Waals surface area contributed by atoms with Crippen LogP contribution in [0.2, 0.25) is 0 Å². The summed E-state index contributed by atoms with van der Waals surface area (Å²) in [7, 11) is 0. The molecule has 0 saturated heterocycles. The van der Waals surface area contributed by atoms with E-state index in [0.717, 1.165) is 13.0 Å². The average Bonchev–Trinajstić information content (AvgIpc) is 2.33. The van der Waals surface area contributed by atoms with E-state index in [9.17, 15) is 10.1 Å². The largest absolute Gasteiger partial charge is 0.313 e. The molecule has 5 heteroatoms. The van der Waals surface area contributed by atoms with Crippen molar-refractivity contribution < 1.29 is 4.92 Å². The molecule has 0 aromatic carbocycles. The molecule has 1 N–H and O–H groups in total. The van der Waals surface area contributed by atoms with Crippen molar-refractivity contribution in [2.75, 3.05) is 6.54 Å². The van der Waals surface area contributed by atoms with Gasteiger partial charge in [0.05, 0.1) is 4.92 Å². The highest BCUT2D eigenvalue weighted by Crippen LogP contribution is 2.23. The van der Waals surface area contributed by atoms with Gasteiger partial charge in [0, 0.05) is 24.2 Å². The van der Waals surface area contributed by atoms with Crippen LogP contribution in [-0.4, -0.2) is 22.5 Å². The molecule has 0 spiro atoms. The van der Waals surface area contributed by atoms with Crippen molar-refractivity contribution in [3.63, 3.8) is 0 Å². The SMILES string of the molecule is CCCNC(Cc1nccc(C)c1[N+](=O)[O-])C(C)C. The van der Waals surface area contributed by atoms with Crippen LogP contribution in [0.15, 0.2) is 12.3 Å². The Morgan fingerprint density at radius 1 is 1.47 bits per heavy atom. The van der Waals surface area contributed by atoms with E-state index in [1.54, 1.807) is 19.2 Å². The Hall–Kier alpha value is -1.49. The van der Waals surface area contributed by atoms with Gasteiger partial charge in [0.15, 0.2) is 0 Å². The highest BCUT2D eigenvalue weighted by Gasteiger charge is 2.22. The van der Waals surface area contributed by atoms with E-state index < -0.39 is 0 Å². The van der Waals surface area contributed by atoms with Crippen molar-refractivity contribution in [1.29, 1.82) is 0 Å². The third-order valence-corrected chi connectivity index (χ3v) is 3.26. The normalized spacial score (nSPS) is 12.7. The van der Waals surface area contributed by atoms with Gasteiger partial charge in [-0.2, -0.15) is 0 Å². The van der Waals surface area contributed by atoms with E-state index >= 15 is 0 Å². The second-order valence-electron chi connectivity index (χ2n) is 5.19. The number of hydrogen-bond donors (Lipinski definition) is 1. The van der Waals surface area contributed by atoms with Crippen LogP contribution in [0.4, 0.5) is 5.69 Å². The first-order valence-electron chi connectivity index (χ1n) is 6.79. The van der Waals surface area contributed by atoms with Gasteiger partial charge in [-0.05, 0) is 31.9 Å². The molecule has 1 aromatic heterocycles. The molecule has 0 amide bonds. The first-order chi connectivity index (χ1) is 8.97. The maximum absolute atomic E-state index is 11.2. The molecule has 1 heterocycles. The van der Waals surface area contributed by atoms with Crippen molar-refractivity contribution in [2.24, 2.45) is 5.92 Å². The van der Waals surface area contributed by atoms with Crippen LogP contribution < -0.4 is 5.32 Å². The van der Waals surface area contributed by atoms with Gasteiger partial charge in [0.25, 0.3) is 5.69 Å². The zero-order valence-electron chi connectivity index (χ0n) is 12.1. The minimum absolute atomic E-state index is 0.159. The maximum Gasteiger partial charge on any atom is 0.293 e. The first-order valence-corrected chi connectivity index (χ1v) is 6.79. The fourth-order valence-electron chi connectivity index (χ4n) is 2.09. The summed E-state index contributed by atoms with van der Waals surface area (Å²) in [6, 6.07) is 1.90. The molecule has 0 fully saturated rings. The third-order valence-electron chi connectivity index (χ3n) is 3.26. The number of aromatic nitrogens is 1. The van der Waals surface area contributed by atoms with Crippen molar-refractivity contribution in [3.8, 4) is 0 Å². The number of nitro groups is 1. The molecule has 1 unspecified atom stereocenters. The van der Waals surface area contributed by atoms with Gasteiger partial charge in [-0.3, -0.25) is 15.1 Å². The Kier molecular flexibility index (Phi) is 5.89. The molecule has 1 rings (SSSR count). The van der Waals surface area contributed by atoms with Crippen LogP contribution in [0.3, 0.4) is 0 Å². The summed E-state index contributed by atoms with van der Waals surface area (Å²) in [4.78, 5) is 15.0. The predicted octanol–water partition coefficient (Wildman–Crippen LogP) is 2.86. The molecule has 0 radical (unpaired) electrons. The van der Waals surface area contributed by atoms with Gasteiger partial charge in [-0.25, -0.2) is 0 Å². The van der Waals surface area contributed by atoms with Gasteiger partial charge in [-0.15, -0.1) is 0 Å². The van der Waals surface area contributed by atoms with Crippen molar-refractivity contribution in [3.05, 3.63) is 33.6 Å². The fraction of sp³-hybridized carbons (Fsp3) is 0.643. The van der Waals surface area contributed by atoms with Crippen molar-refractivity contribution in [2.45, 2.75) is 46.6 Å². The molecule has 1 aromatic rings. The Morgan fingerprint density at radius 3 is 2.68 bits per heavy atom. The second kappa shape index (κ2) is 7.19. The zero-order chi connectivity index (χ0) is 14.4. The van der Waals surface area contributed by atoms with E-state index in [2.05, 4.69) is 31.1 Å². The van der Waals surface area contributed by atoms with Gasteiger partial charge < -0.3 is 5.32 Å². The van der Waals surface area contributed by atoms with Gasteiger partial charge in [-0.1, -0.05) is 20.8 Å². The van der Waals surface area contributed by atoms with Gasteiger partial charge in [0.1, 0.15) is 5.69 Å². The molecule has 0 aliphatic rings.